The van der Waals surface area contributed by atoms with Crippen LogP contribution in [0, 0.1) is 12.8 Å². The monoisotopic (exact) mass is 429 g/mol. The van der Waals surface area contributed by atoms with E-state index in [0.29, 0.717) is 17.3 Å². The van der Waals surface area contributed by atoms with Crippen molar-refractivity contribution in [2.24, 2.45) is 13.0 Å². The fraction of sp³-hybridized carbons (Fsp3) is 0.522. The molecule has 1 saturated heterocycles. The van der Waals surface area contributed by atoms with Gasteiger partial charge in [-0.2, -0.15) is 0 Å². The zero-order chi connectivity index (χ0) is 21.5. The maximum absolute atomic E-state index is 13.3. The smallest absolute Gasteiger partial charge is 0.270 e. The number of sulfonamides is 1. The molecule has 0 bridgehead atoms. The van der Waals surface area contributed by atoms with Crippen LogP contribution in [0.1, 0.15) is 66.0 Å². The minimum Gasteiger partial charge on any atom is -0.343 e. The second kappa shape index (κ2) is 8.19. The Bertz CT molecular complexity index is 1050. The summed E-state index contributed by atoms with van der Waals surface area (Å²) in [5, 5.41) is 0. The minimum absolute atomic E-state index is 0.0861. The summed E-state index contributed by atoms with van der Waals surface area (Å²) < 4.78 is 31.2. The van der Waals surface area contributed by atoms with E-state index in [4.69, 9.17) is 0 Å². The summed E-state index contributed by atoms with van der Waals surface area (Å²) in [6.07, 6.45) is 4.69. The number of piperidine rings is 1. The second-order valence-electron chi connectivity index (χ2n) is 8.78. The molecule has 2 aromatic rings. The molecule has 6 nitrogen and oxygen atoms in total. The summed E-state index contributed by atoms with van der Waals surface area (Å²) in [6.45, 7) is 5.42. The third kappa shape index (κ3) is 3.93. The number of fused-ring (bicyclic) bond motifs is 1. The van der Waals surface area contributed by atoms with Gasteiger partial charge in [-0.15, -0.1) is 0 Å². The van der Waals surface area contributed by atoms with E-state index in [9.17, 15) is 13.2 Å². The highest BCUT2D eigenvalue weighted by molar-refractivity contribution is 7.89. The highest BCUT2D eigenvalue weighted by atomic mass is 32.2. The van der Waals surface area contributed by atoms with E-state index in [2.05, 4.69) is 17.7 Å². The van der Waals surface area contributed by atoms with Gasteiger partial charge in [-0.05, 0) is 62.1 Å². The van der Waals surface area contributed by atoms with E-state index in [1.807, 2.05) is 23.1 Å². The number of nitrogens with one attached hydrogen (secondary N) is 1. The molecule has 162 valence electrons. The predicted molar refractivity (Wildman–Crippen MR) is 117 cm³/mol. The van der Waals surface area contributed by atoms with Gasteiger partial charge in [-0.1, -0.05) is 31.2 Å². The molecular formula is C23H31N3O3S. The first kappa shape index (κ1) is 21.1. The molecule has 1 aromatic carbocycles. The lowest BCUT2D eigenvalue weighted by Gasteiger charge is -2.30. The van der Waals surface area contributed by atoms with Crippen molar-refractivity contribution >= 4 is 15.9 Å². The van der Waals surface area contributed by atoms with E-state index >= 15 is 0 Å². The van der Waals surface area contributed by atoms with Gasteiger partial charge in [0.1, 0.15) is 10.6 Å². The van der Waals surface area contributed by atoms with Crippen molar-refractivity contribution in [1.82, 2.24) is 14.2 Å². The van der Waals surface area contributed by atoms with Gasteiger partial charge in [-0.25, -0.2) is 13.1 Å². The van der Waals surface area contributed by atoms with Gasteiger partial charge in [-0.3, -0.25) is 4.79 Å². The van der Waals surface area contributed by atoms with Gasteiger partial charge in [0.05, 0.1) is 0 Å². The van der Waals surface area contributed by atoms with Gasteiger partial charge in [0.2, 0.25) is 10.0 Å². The average Bonchev–Trinajstić information content (AvgIpc) is 3.04. The molecule has 0 spiro atoms. The Morgan fingerprint density at radius 1 is 1.13 bits per heavy atom. The quantitative estimate of drug-likeness (QED) is 0.808. The summed E-state index contributed by atoms with van der Waals surface area (Å²) >= 11 is 0. The summed E-state index contributed by atoms with van der Waals surface area (Å²) in [6, 6.07) is 9.34. The van der Waals surface area contributed by atoms with Crippen molar-refractivity contribution < 1.29 is 13.2 Å². The molecule has 4 rings (SSSR count). The number of rotatable bonds is 4. The van der Waals surface area contributed by atoms with Crippen LogP contribution >= 0.6 is 0 Å². The van der Waals surface area contributed by atoms with Crippen molar-refractivity contribution in [2.45, 2.75) is 56.9 Å². The Hall–Kier alpha value is -2.12. The first-order valence-corrected chi connectivity index (χ1v) is 12.3. The Labute approximate surface area is 179 Å². The lowest BCUT2D eigenvalue weighted by molar-refractivity contribution is 0.0687. The minimum atomic E-state index is -3.75. The van der Waals surface area contributed by atoms with Crippen molar-refractivity contribution in [3.05, 3.63) is 52.8 Å². The molecule has 1 aliphatic heterocycles. The zero-order valence-electron chi connectivity index (χ0n) is 18.0. The number of hydrogen-bond acceptors (Lipinski definition) is 3. The Morgan fingerprint density at radius 3 is 2.57 bits per heavy atom. The molecule has 1 amide bonds. The van der Waals surface area contributed by atoms with E-state index in [1.54, 1.807) is 24.6 Å². The SMILES string of the molecule is Cc1c(S(=O)(=O)N[C@H]2CCCc3ccccc32)cc(C(=O)N2CCC(C)CC2)n1C. The van der Waals surface area contributed by atoms with Gasteiger partial charge in [0.25, 0.3) is 5.91 Å². The number of benzene rings is 1. The van der Waals surface area contributed by atoms with Crippen LogP contribution in [0.3, 0.4) is 0 Å². The number of aromatic nitrogens is 1. The number of carbonyl (C=O) groups excluding carboxylic acids is 1. The lowest BCUT2D eigenvalue weighted by atomic mass is 9.88. The maximum Gasteiger partial charge on any atom is 0.270 e. The van der Waals surface area contributed by atoms with Crippen molar-refractivity contribution in [3.8, 4) is 0 Å². The number of nitrogens with zero attached hydrogens (tertiary/aromatic N) is 2. The fourth-order valence-electron chi connectivity index (χ4n) is 4.65. The van der Waals surface area contributed by atoms with Crippen LogP contribution in [0.15, 0.2) is 35.2 Å². The number of amides is 1. The number of hydrogen-bond donors (Lipinski definition) is 1. The Kier molecular flexibility index (Phi) is 5.77. The molecule has 1 fully saturated rings. The van der Waals surface area contributed by atoms with Crippen LogP contribution in [0.25, 0.3) is 0 Å². The second-order valence-corrected chi connectivity index (χ2v) is 10.5. The highest BCUT2D eigenvalue weighted by Crippen LogP contribution is 2.32. The first-order valence-electron chi connectivity index (χ1n) is 10.8. The molecule has 1 N–H and O–H groups in total. The van der Waals surface area contributed by atoms with Gasteiger partial charge in [0.15, 0.2) is 0 Å². The lowest BCUT2D eigenvalue weighted by Crippen LogP contribution is -2.38. The third-order valence-electron chi connectivity index (χ3n) is 6.74. The van der Waals surface area contributed by atoms with E-state index in [-0.39, 0.29) is 16.8 Å². The molecule has 30 heavy (non-hydrogen) atoms. The standard InChI is InChI=1S/C23H31N3O3S/c1-16-11-13-26(14-12-16)23(27)21-15-22(17(2)25(21)3)30(28,29)24-20-10-6-8-18-7-4-5-9-19(18)20/h4-5,7,9,15-16,20,24H,6,8,10-14H2,1-3H3/t20-/m0/s1. The average molecular weight is 430 g/mol. The number of aryl methyl sites for hydroxylation is 1. The van der Waals surface area contributed by atoms with Crippen LogP contribution in [-0.2, 0) is 23.5 Å². The normalized spacial score (nSPS) is 20.2. The van der Waals surface area contributed by atoms with E-state index < -0.39 is 10.0 Å². The maximum atomic E-state index is 13.3. The van der Waals surface area contributed by atoms with Gasteiger partial charge in [0, 0.05) is 31.9 Å². The molecule has 0 unspecified atom stereocenters. The van der Waals surface area contributed by atoms with Crippen molar-refractivity contribution in [1.29, 1.82) is 0 Å². The van der Waals surface area contributed by atoms with E-state index in [1.165, 1.54) is 5.56 Å². The summed E-state index contributed by atoms with van der Waals surface area (Å²) in [5.41, 5.74) is 3.28. The Morgan fingerprint density at radius 2 is 1.83 bits per heavy atom. The van der Waals surface area contributed by atoms with Gasteiger partial charge >= 0.3 is 0 Å². The predicted octanol–water partition coefficient (Wildman–Crippen LogP) is 3.56. The topological polar surface area (TPSA) is 71.4 Å². The van der Waals surface area contributed by atoms with Crippen LogP contribution in [0.2, 0.25) is 0 Å². The molecule has 1 aliphatic carbocycles. The summed E-state index contributed by atoms with van der Waals surface area (Å²) in [4.78, 5) is 15.1. The molecular weight excluding hydrogens is 398 g/mol. The van der Waals surface area contributed by atoms with Crippen LogP contribution in [0.5, 0.6) is 0 Å². The summed E-state index contributed by atoms with van der Waals surface area (Å²) in [5.74, 6) is 0.541. The number of likely N-dealkylation sites (tertiary alicyclic amines) is 1. The third-order valence-corrected chi connectivity index (χ3v) is 8.32. The molecule has 1 atom stereocenters. The largest absolute Gasteiger partial charge is 0.343 e. The molecule has 1 aromatic heterocycles. The van der Waals surface area contributed by atoms with Gasteiger partial charge < -0.3 is 9.47 Å². The molecule has 2 aliphatic rings. The fourth-order valence-corrected chi connectivity index (χ4v) is 6.19. The highest BCUT2D eigenvalue weighted by Gasteiger charge is 2.31. The van der Waals surface area contributed by atoms with E-state index in [0.717, 1.165) is 50.8 Å². The number of carbonyl (C=O) groups is 1. The van der Waals surface area contributed by atoms with Crippen molar-refractivity contribution in [2.75, 3.05) is 13.1 Å². The molecule has 0 saturated carbocycles. The molecule has 7 heteroatoms. The zero-order valence-corrected chi connectivity index (χ0v) is 18.8. The summed E-state index contributed by atoms with van der Waals surface area (Å²) in [7, 11) is -1.98. The molecule has 0 radical (unpaired) electrons. The van der Waals surface area contributed by atoms with Crippen LogP contribution in [0.4, 0.5) is 0 Å². The van der Waals surface area contributed by atoms with Crippen LogP contribution in [-0.4, -0.2) is 36.9 Å². The Balaban J connectivity index is 1.60. The van der Waals surface area contributed by atoms with Crippen molar-refractivity contribution in [3.63, 3.8) is 0 Å². The van der Waals surface area contributed by atoms with Crippen LogP contribution < -0.4 is 4.72 Å². The molecule has 2 heterocycles. The first-order chi connectivity index (χ1) is 14.3.